The largest absolute Gasteiger partial charge is 0.309 e. The van der Waals surface area contributed by atoms with E-state index >= 15 is 0 Å². The Labute approximate surface area is 55.3 Å². The highest BCUT2D eigenvalue weighted by molar-refractivity contribution is 5.26. The number of aromatic nitrogens is 1. The minimum Gasteiger partial charge on any atom is -0.309 e. The van der Waals surface area contributed by atoms with Crippen LogP contribution in [0, 0.1) is 0 Å². The number of nitrogens with zero attached hydrogens (tertiary/aromatic N) is 1. The highest BCUT2D eigenvalue weighted by atomic mass is 14.9. The zero-order valence-corrected chi connectivity index (χ0v) is 4.96. The monoisotopic (exact) mass is 121 g/mol. The molecule has 0 spiro atoms. The third-order valence-corrected chi connectivity index (χ3v) is 1.49. The number of nitrogens with one attached hydrogen (secondary N) is 1. The van der Waals surface area contributed by atoms with Gasteiger partial charge in [0.2, 0.25) is 0 Å². The first kappa shape index (κ1) is 4.01. The topological polar surface area (TPSA) is 24.9 Å². The van der Waals surface area contributed by atoms with Gasteiger partial charge in [-0.1, -0.05) is 0 Å². The molecule has 0 aliphatic carbocycles. The summed E-state index contributed by atoms with van der Waals surface area (Å²) in [5, 5.41) is 3.01. The number of hydrogen-bond acceptors (Lipinski definition) is 2. The van der Waals surface area contributed by atoms with Gasteiger partial charge in [-0.3, -0.25) is 4.98 Å². The van der Waals surface area contributed by atoms with Gasteiger partial charge in [0.05, 0.1) is 0 Å². The summed E-state index contributed by atoms with van der Waals surface area (Å²) in [4.78, 5) is 3.97. The molecule has 0 bridgehead atoms. The van der Waals surface area contributed by atoms with Crippen LogP contribution in [-0.4, -0.2) is 4.98 Å². The van der Waals surface area contributed by atoms with E-state index in [9.17, 15) is 0 Å². The van der Waals surface area contributed by atoms with Crippen molar-refractivity contribution in [3.8, 4) is 0 Å². The molecule has 0 radical (unpaired) electrons. The van der Waals surface area contributed by atoms with Crippen LogP contribution in [-0.2, 0) is 13.1 Å². The van der Waals surface area contributed by atoms with E-state index in [1.807, 2.05) is 12.3 Å². The Bertz CT molecular complexity index is 249. The van der Waals surface area contributed by atoms with Gasteiger partial charge in [-0.2, -0.15) is 0 Å². The third-order valence-electron chi connectivity index (χ3n) is 1.49. The Morgan fingerprint density at radius 1 is 1.67 bits per heavy atom. The van der Waals surface area contributed by atoms with E-state index in [2.05, 4.69) is 10.3 Å². The molecule has 46 valence electrons. The van der Waals surface area contributed by atoms with Crippen molar-refractivity contribution < 1.29 is 1.37 Å². The standard InChI is InChI=1S/C7H8N2/c1-2-8-4-7-5-9-3-6(1)7/h1-2,4,9H,3,5H2/i3D. The molecule has 1 N–H and O–H groups in total. The van der Waals surface area contributed by atoms with Crippen molar-refractivity contribution in [2.24, 2.45) is 0 Å². The van der Waals surface area contributed by atoms with Gasteiger partial charge in [-0.05, 0) is 17.2 Å². The van der Waals surface area contributed by atoms with Gasteiger partial charge >= 0.3 is 0 Å². The number of rotatable bonds is 0. The van der Waals surface area contributed by atoms with Gasteiger partial charge < -0.3 is 5.32 Å². The summed E-state index contributed by atoms with van der Waals surface area (Å²) in [6, 6.07) is 1.90. The van der Waals surface area contributed by atoms with Crippen LogP contribution >= 0.6 is 0 Å². The lowest BCUT2D eigenvalue weighted by Crippen LogP contribution is -1.99. The average Bonchev–Trinajstić information content (AvgIpc) is 2.34. The molecule has 1 aliphatic heterocycles. The van der Waals surface area contributed by atoms with Crippen molar-refractivity contribution in [1.29, 1.82) is 0 Å². The summed E-state index contributed by atoms with van der Waals surface area (Å²) >= 11 is 0. The van der Waals surface area contributed by atoms with Crippen LogP contribution in [0.25, 0.3) is 0 Å². The number of hydrogen-bond donors (Lipinski definition) is 1. The van der Waals surface area contributed by atoms with E-state index in [0.717, 1.165) is 17.7 Å². The third kappa shape index (κ3) is 0.715. The second-order valence-corrected chi connectivity index (χ2v) is 2.10. The molecular weight excluding hydrogens is 112 g/mol. The van der Waals surface area contributed by atoms with E-state index in [0.29, 0.717) is 0 Å². The minimum absolute atomic E-state index is 0.238. The van der Waals surface area contributed by atoms with Gasteiger partial charge in [0, 0.05) is 26.8 Å². The maximum Gasteiger partial charge on any atom is 0.0479 e. The first-order valence-corrected chi connectivity index (χ1v) is 2.96. The quantitative estimate of drug-likeness (QED) is 0.546. The minimum atomic E-state index is -0.238. The second kappa shape index (κ2) is 1.81. The van der Waals surface area contributed by atoms with E-state index in [-0.39, 0.29) is 6.52 Å². The SMILES string of the molecule is [2H]C1NCc2cnccc21. The van der Waals surface area contributed by atoms with Gasteiger partial charge in [0.25, 0.3) is 0 Å². The lowest BCUT2D eigenvalue weighted by molar-refractivity contribution is 0.764. The highest BCUT2D eigenvalue weighted by Gasteiger charge is 2.06. The molecule has 0 saturated carbocycles. The van der Waals surface area contributed by atoms with Crippen LogP contribution < -0.4 is 5.32 Å². The fourth-order valence-corrected chi connectivity index (χ4v) is 0.997. The van der Waals surface area contributed by atoms with Crippen molar-refractivity contribution >= 4 is 0 Å². The smallest absolute Gasteiger partial charge is 0.0479 e. The molecule has 0 saturated heterocycles. The van der Waals surface area contributed by atoms with Crippen molar-refractivity contribution in [2.45, 2.75) is 13.1 Å². The summed E-state index contributed by atoms with van der Waals surface area (Å²) in [6.07, 6.45) is 3.55. The molecule has 0 fully saturated rings. The molecule has 2 heteroatoms. The Morgan fingerprint density at radius 2 is 2.67 bits per heavy atom. The summed E-state index contributed by atoms with van der Waals surface area (Å²) < 4.78 is 7.47. The molecule has 1 atom stereocenters. The Balaban J connectivity index is 2.51. The van der Waals surface area contributed by atoms with Gasteiger partial charge in [0.1, 0.15) is 0 Å². The predicted molar refractivity (Wildman–Crippen MR) is 34.8 cm³/mol. The Kier molecular flexibility index (Phi) is 0.807. The molecule has 1 unspecified atom stereocenters. The first-order valence-electron chi connectivity index (χ1n) is 3.54. The van der Waals surface area contributed by atoms with Gasteiger partial charge in [-0.25, -0.2) is 0 Å². The van der Waals surface area contributed by atoms with Gasteiger partial charge in [0.15, 0.2) is 0 Å². The van der Waals surface area contributed by atoms with Crippen LogP contribution in [0.5, 0.6) is 0 Å². The van der Waals surface area contributed by atoms with Gasteiger partial charge in [-0.15, -0.1) is 0 Å². The summed E-state index contributed by atoms with van der Waals surface area (Å²) in [5.74, 6) is 0. The maximum atomic E-state index is 7.47. The van der Waals surface area contributed by atoms with Crippen LogP contribution in [0.4, 0.5) is 0 Å². The van der Waals surface area contributed by atoms with E-state index in [1.165, 1.54) is 0 Å². The van der Waals surface area contributed by atoms with Crippen molar-refractivity contribution in [3.05, 3.63) is 29.6 Å². The van der Waals surface area contributed by atoms with E-state index in [4.69, 9.17) is 1.37 Å². The molecule has 2 rings (SSSR count). The van der Waals surface area contributed by atoms with Crippen molar-refractivity contribution in [1.82, 2.24) is 10.3 Å². The van der Waals surface area contributed by atoms with Crippen LogP contribution in [0.15, 0.2) is 18.5 Å². The molecular formula is C7H8N2. The molecule has 2 nitrogen and oxygen atoms in total. The first-order chi connectivity index (χ1) is 4.88. The zero-order valence-electron chi connectivity index (χ0n) is 5.96. The van der Waals surface area contributed by atoms with Crippen molar-refractivity contribution in [3.63, 3.8) is 0 Å². The fraction of sp³-hybridized carbons (Fsp3) is 0.286. The predicted octanol–water partition coefficient (Wildman–Crippen LogP) is 0.685. The number of fused-ring (bicyclic) bond motifs is 1. The normalized spacial score (nSPS) is 25.3. The van der Waals surface area contributed by atoms with Crippen LogP contribution in [0.2, 0.25) is 0 Å². The molecule has 9 heavy (non-hydrogen) atoms. The molecule has 0 aromatic carbocycles. The molecule has 0 amide bonds. The molecule has 2 heterocycles. The Hall–Kier alpha value is -0.890. The second-order valence-electron chi connectivity index (χ2n) is 2.10. The van der Waals surface area contributed by atoms with E-state index < -0.39 is 0 Å². The molecule has 1 aromatic heterocycles. The summed E-state index contributed by atoms with van der Waals surface area (Å²) in [7, 11) is 0. The number of pyridine rings is 1. The van der Waals surface area contributed by atoms with Crippen LogP contribution in [0.1, 0.15) is 12.5 Å². The fourth-order valence-electron chi connectivity index (χ4n) is 0.997. The van der Waals surface area contributed by atoms with E-state index in [1.54, 1.807) is 6.20 Å². The van der Waals surface area contributed by atoms with Crippen molar-refractivity contribution in [2.75, 3.05) is 0 Å². The zero-order chi connectivity index (χ0) is 6.97. The average molecular weight is 121 g/mol. The lowest BCUT2D eigenvalue weighted by Gasteiger charge is -1.90. The molecule has 1 aromatic rings. The maximum absolute atomic E-state index is 7.47. The summed E-state index contributed by atoms with van der Waals surface area (Å²) in [6.45, 7) is 0.551. The summed E-state index contributed by atoms with van der Waals surface area (Å²) in [5.41, 5.74) is 2.22. The molecule has 1 aliphatic rings. The Morgan fingerprint density at radius 3 is 3.56 bits per heavy atom. The highest BCUT2D eigenvalue weighted by Crippen LogP contribution is 2.11. The lowest BCUT2D eigenvalue weighted by atomic mass is 10.2. The van der Waals surface area contributed by atoms with Crippen LogP contribution in [0.3, 0.4) is 0 Å².